The summed E-state index contributed by atoms with van der Waals surface area (Å²) in [6, 6.07) is 14.0. The van der Waals surface area contributed by atoms with Crippen LogP contribution in [-0.2, 0) is 4.79 Å². The summed E-state index contributed by atoms with van der Waals surface area (Å²) in [6.07, 6.45) is -0.772. The molecule has 2 amide bonds. The van der Waals surface area contributed by atoms with Gasteiger partial charge in [0.05, 0.1) is 16.3 Å². The molecular formula is C21H24ClN3O3. The van der Waals surface area contributed by atoms with E-state index >= 15 is 0 Å². The van der Waals surface area contributed by atoms with Gasteiger partial charge >= 0.3 is 0 Å². The van der Waals surface area contributed by atoms with Gasteiger partial charge in [-0.05, 0) is 38.2 Å². The summed E-state index contributed by atoms with van der Waals surface area (Å²) in [6.45, 7) is 4.66. The van der Waals surface area contributed by atoms with Crippen molar-refractivity contribution in [1.29, 1.82) is 0 Å². The van der Waals surface area contributed by atoms with Crippen molar-refractivity contribution in [3.05, 3.63) is 59.1 Å². The molecular weight excluding hydrogens is 378 g/mol. The predicted molar refractivity (Wildman–Crippen MR) is 110 cm³/mol. The Labute approximate surface area is 170 Å². The molecule has 1 saturated heterocycles. The Morgan fingerprint density at radius 3 is 2.39 bits per heavy atom. The first kappa shape index (κ1) is 20.2. The van der Waals surface area contributed by atoms with Gasteiger partial charge in [-0.2, -0.15) is 0 Å². The van der Waals surface area contributed by atoms with Crippen LogP contribution in [0, 0.1) is 0 Å². The van der Waals surface area contributed by atoms with Crippen LogP contribution in [0.2, 0.25) is 5.02 Å². The molecule has 3 rings (SSSR count). The normalized spacial score (nSPS) is 15.8. The number of piperazine rings is 1. The molecule has 1 atom stereocenters. The zero-order valence-corrected chi connectivity index (χ0v) is 16.8. The van der Waals surface area contributed by atoms with E-state index in [1.54, 1.807) is 55.5 Å². The lowest BCUT2D eigenvalue weighted by molar-refractivity contribution is -0.122. The number of benzene rings is 2. The minimum absolute atomic E-state index is 0.0799. The van der Waals surface area contributed by atoms with Gasteiger partial charge in [-0.15, -0.1) is 0 Å². The predicted octanol–water partition coefficient (Wildman–Crippen LogP) is 3.13. The summed E-state index contributed by atoms with van der Waals surface area (Å²) in [7, 11) is 2.04. The fraction of sp³-hybridized carbons (Fsp3) is 0.333. The zero-order valence-electron chi connectivity index (χ0n) is 16.0. The summed E-state index contributed by atoms with van der Waals surface area (Å²) in [4.78, 5) is 29.5. The minimum atomic E-state index is -0.772. The summed E-state index contributed by atoms with van der Waals surface area (Å²) in [5, 5.41) is 3.25. The highest BCUT2D eigenvalue weighted by molar-refractivity contribution is 6.32. The largest absolute Gasteiger partial charge is 0.479 e. The number of ether oxygens (including phenoxy) is 1. The van der Waals surface area contributed by atoms with Gasteiger partial charge in [0.15, 0.2) is 6.10 Å². The maximum absolute atomic E-state index is 12.9. The summed E-state index contributed by atoms with van der Waals surface area (Å²) in [5.41, 5.74) is 0.955. The van der Waals surface area contributed by atoms with Gasteiger partial charge < -0.3 is 19.9 Å². The molecule has 0 aromatic heterocycles. The van der Waals surface area contributed by atoms with Gasteiger partial charge in [-0.25, -0.2) is 0 Å². The van der Waals surface area contributed by atoms with Crippen molar-refractivity contribution in [3.63, 3.8) is 0 Å². The molecule has 1 aliphatic rings. The van der Waals surface area contributed by atoms with Gasteiger partial charge in [0.2, 0.25) is 0 Å². The molecule has 1 N–H and O–H groups in total. The summed E-state index contributed by atoms with van der Waals surface area (Å²) >= 11 is 6.09. The molecule has 1 unspecified atom stereocenters. The third-order valence-electron chi connectivity index (χ3n) is 4.72. The molecule has 2 aromatic rings. The summed E-state index contributed by atoms with van der Waals surface area (Å²) < 4.78 is 5.66. The number of nitrogens with one attached hydrogen (secondary N) is 1. The van der Waals surface area contributed by atoms with Gasteiger partial charge in [-0.1, -0.05) is 35.9 Å². The first-order valence-corrected chi connectivity index (χ1v) is 9.62. The zero-order chi connectivity index (χ0) is 20.1. The van der Waals surface area contributed by atoms with Crippen molar-refractivity contribution < 1.29 is 14.3 Å². The number of amides is 2. The minimum Gasteiger partial charge on any atom is -0.479 e. The van der Waals surface area contributed by atoms with Crippen LogP contribution in [0.5, 0.6) is 5.75 Å². The molecule has 28 heavy (non-hydrogen) atoms. The second-order valence-corrected chi connectivity index (χ2v) is 7.23. The van der Waals surface area contributed by atoms with E-state index in [0.717, 1.165) is 13.1 Å². The molecule has 0 spiro atoms. The second-order valence-electron chi connectivity index (χ2n) is 6.82. The molecule has 0 aliphatic carbocycles. The van der Waals surface area contributed by atoms with E-state index < -0.39 is 6.10 Å². The van der Waals surface area contributed by atoms with Crippen molar-refractivity contribution in [2.45, 2.75) is 13.0 Å². The molecule has 1 aliphatic heterocycles. The third-order valence-corrected chi connectivity index (χ3v) is 5.03. The highest BCUT2D eigenvalue weighted by atomic mass is 35.5. The molecule has 0 radical (unpaired) electrons. The fourth-order valence-electron chi connectivity index (χ4n) is 2.98. The van der Waals surface area contributed by atoms with Crippen molar-refractivity contribution in [1.82, 2.24) is 9.80 Å². The summed E-state index contributed by atoms with van der Waals surface area (Å²) in [5.74, 6) is 0.0100. The van der Waals surface area contributed by atoms with Crippen LogP contribution in [-0.4, -0.2) is 60.9 Å². The van der Waals surface area contributed by atoms with E-state index in [9.17, 15) is 9.59 Å². The topological polar surface area (TPSA) is 61.9 Å². The Kier molecular flexibility index (Phi) is 6.54. The number of hydrogen-bond acceptors (Lipinski definition) is 4. The number of rotatable bonds is 5. The molecule has 0 saturated carbocycles. The fourth-order valence-corrected chi connectivity index (χ4v) is 3.16. The average molecular weight is 402 g/mol. The lowest BCUT2D eigenvalue weighted by Gasteiger charge is -2.32. The van der Waals surface area contributed by atoms with Crippen molar-refractivity contribution in [3.8, 4) is 5.75 Å². The van der Waals surface area contributed by atoms with Crippen LogP contribution < -0.4 is 10.1 Å². The number of carbonyl (C=O) groups excluding carboxylic acids is 2. The lowest BCUT2D eigenvalue weighted by Crippen LogP contribution is -2.47. The molecule has 0 bridgehead atoms. The van der Waals surface area contributed by atoms with E-state index in [1.807, 2.05) is 11.9 Å². The number of nitrogens with zero attached hydrogens (tertiary/aromatic N) is 2. The van der Waals surface area contributed by atoms with E-state index in [0.29, 0.717) is 35.1 Å². The Bertz CT molecular complexity index is 850. The van der Waals surface area contributed by atoms with Crippen LogP contribution in [0.3, 0.4) is 0 Å². The van der Waals surface area contributed by atoms with E-state index in [4.69, 9.17) is 16.3 Å². The van der Waals surface area contributed by atoms with E-state index in [-0.39, 0.29) is 11.8 Å². The molecule has 2 aromatic carbocycles. The Balaban J connectivity index is 1.69. The highest BCUT2D eigenvalue weighted by Crippen LogP contribution is 2.25. The van der Waals surface area contributed by atoms with Crippen LogP contribution >= 0.6 is 11.6 Å². The molecule has 7 heteroatoms. The number of para-hydroxylation sites is 2. The maximum Gasteiger partial charge on any atom is 0.265 e. The Hall–Kier alpha value is -2.57. The monoisotopic (exact) mass is 401 g/mol. The number of hydrogen-bond donors (Lipinski definition) is 1. The standard InChI is InChI=1S/C21H24ClN3O3/c1-15(28-19-10-6-4-8-17(19)22)20(26)23-18-9-5-3-7-16(18)21(27)25-13-11-24(2)12-14-25/h3-10,15H,11-14H2,1-2H3,(H,23,26). The Morgan fingerprint density at radius 1 is 1.04 bits per heavy atom. The number of halogens is 1. The van der Waals surface area contributed by atoms with Gasteiger partial charge in [0.25, 0.3) is 11.8 Å². The van der Waals surface area contributed by atoms with Crippen LogP contribution in [0.25, 0.3) is 0 Å². The molecule has 6 nitrogen and oxygen atoms in total. The number of likely N-dealkylation sites (N-methyl/N-ethyl adjacent to an activating group) is 1. The van der Waals surface area contributed by atoms with Gasteiger partial charge in [-0.3, -0.25) is 9.59 Å². The number of anilines is 1. The van der Waals surface area contributed by atoms with Crippen LogP contribution in [0.1, 0.15) is 17.3 Å². The first-order chi connectivity index (χ1) is 13.5. The van der Waals surface area contributed by atoms with Crippen molar-refractivity contribution in [2.75, 3.05) is 38.5 Å². The van der Waals surface area contributed by atoms with Crippen molar-refractivity contribution >= 4 is 29.1 Å². The van der Waals surface area contributed by atoms with E-state index in [2.05, 4.69) is 10.2 Å². The van der Waals surface area contributed by atoms with Gasteiger partial charge in [0.1, 0.15) is 5.75 Å². The molecule has 1 fully saturated rings. The van der Waals surface area contributed by atoms with E-state index in [1.165, 1.54) is 0 Å². The molecule has 148 valence electrons. The molecule has 1 heterocycles. The first-order valence-electron chi connectivity index (χ1n) is 9.24. The average Bonchev–Trinajstić information content (AvgIpc) is 2.70. The maximum atomic E-state index is 12.9. The smallest absolute Gasteiger partial charge is 0.265 e. The van der Waals surface area contributed by atoms with Crippen LogP contribution in [0.15, 0.2) is 48.5 Å². The quantitative estimate of drug-likeness (QED) is 0.836. The third kappa shape index (κ3) is 4.82. The highest BCUT2D eigenvalue weighted by Gasteiger charge is 2.24. The van der Waals surface area contributed by atoms with Gasteiger partial charge in [0, 0.05) is 26.2 Å². The SMILES string of the molecule is CC(Oc1ccccc1Cl)C(=O)Nc1ccccc1C(=O)N1CCN(C)CC1. The van der Waals surface area contributed by atoms with Crippen molar-refractivity contribution in [2.24, 2.45) is 0 Å². The Morgan fingerprint density at radius 2 is 1.68 bits per heavy atom. The number of carbonyl (C=O) groups is 2. The lowest BCUT2D eigenvalue weighted by atomic mass is 10.1. The van der Waals surface area contributed by atoms with Crippen LogP contribution in [0.4, 0.5) is 5.69 Å². The second kappa shape index (κ2) is 9.08.